The maximum Gasteiger partial charge on any atom is 0.406 e. The standard InChI is InChI=1S/C16H31NO2/c1-14-9-5-4-7-11-16(2,12-8-6-10-14)13-19-15(18)17-3/h14H,4-13H2,1-3H3,(H,17,18). The van der Waals surface area contributed by atoms with Crippen LogP contribution >= 0.6 is 0 Å². The van der Waals surface area contributed by atoms with Gasteiger partial charge < -0.3 is 10.1 Å². The quantitative estimate of drug-likeness (QED) is 0.801. The van der Waals surface area contributed by atoms with Crippen molar-refractivity contribution in [2.45, 2.75) is 71.6 Å². The van der Waals surface area contributed by atoms with Crippen molar-refractivity contribution in [3.8, 4) is 0 Å². The predicted molar refractivity (Wildman–Crippen MR) is 79.2 cm³/mol. The summed E-state index contributed by atoms with van der Waals surface area (Å²) in [6, 6.07) is 0. The SMILES string of the molecule is CNC(=O)OCC1(C)CCCCCC(C)CCCC1. The van der Waals surface area contributed by atoms with Gasteiger partial charge in [0.05, 0.1) is 6.61 Å². The number of alkyl carbamates (subject to hydrolysis) is 1. The van der Waals surface area contributed by atoms with Gasteiger partial charge in [0.25, 0.3) is 0 Å². The Labute approximate surface area is 118 Å². The molecule has 1 aliphatic carbocycles. The number of hydrogen-bond donors (Lipinski definition) is 1. The first kappa shape index (κ1) is 16.3. The Hall–Kier alpha value is -0.730. The Morgan fingerprint density at radius 2 is 1.74 bits per heavy atom. The summed E-state index contributed by atoms with van der Waals surface area (Å²) in [6.07, 6.45) is 11.3. The average Bonchev–Trinajstić information content (AvgIpc) is 2.43. The van der Waals surface area contributed by atoms with Crippen LogP contribution in [0.1, 0.15) is 71.6 Å². The van der Waals surface area contributed by atoms with E-state index in [2.05, 4.69) is 19.2 Å². The van der Waals surface area contributed by atoms with Crippen molar-refractivity contribution >= 4 is 6.09 Å². The molecule has 0 radical (unpaired) electrons. The van der Waals surface area contributed by atoms with Crippen molar-refractivity contribution in [3.05, 3.63) is 0 Å². The highest BCUT2D eigenvalue weighted by Gasteiger charge is 2.25. The van der Waals surface area contributed by atoms with E-state index in [1.54, 1.807) is 7.05 Å². The zero-order valence-electron chi connectivity index (χ0n) is 13.0. The van der Waals surface area contributed by atoms with Crippen LogP contribution in [0.2, 0.25) is 0 Å². The van der Waals surface area contributed by atoms with Crippen molar-refractivity contribution in [2.24, 2.45) is 11.3 Å². The maximum atomic E-state index is 11.2. The molecule has 112 valence electrons. The summed E-state index contributed by atoms with van der Waals surface area (Å²) >= 11 is 0. The third-order valence-electron chi connectivity index (χ3n) is 4.46. The molecule has 1 rings (SSSR count). The van der Waals surface area contributed by atoms with Gasteiger partial charge in [0.2, 0.25) is 0 Å². The van der Waals surface area contributed by atoms with E-state index in [4.69, 9.17) is 4.74 Å². The van der Waals surface area contributed by atoms with E-state index in [-0.39, 0.29) is 11.5 Å². The summed E-state index contributed by atoms with van der Waals surface area (Å²) in [5.74, 6) is 0.881. The van der Waals surface area contributed by atoms with Crippen molar-refractivity contribution in [1.29, 1.82) is 0 Å². The lowest BCUT2D eigenvalue weighted by Gasteiger charge is -2.29. The first-order chi connectivity index (χ1) is 9.06. The van der Waals surface area contributed by atoms with E-state index >= 15 is 0 Å². The van der Waals surface area contributed by atoms with Gasteiger partial charge in [-0.25, -0.2) is 4.79 Å². The molecule has 0 bridgehead atoms. The number of hydrogen-bond acceptors (Lipinski definition) is 2. The Morgan fingerprint density at radius 1 is 1.16 bits per heavy atom. The fraction of sp³-hybridized carbons (Fsp3) is 0.938. The van der Waals surface area contributed by atoms with Gasteiger partial charge in [-0.1, -0.05) is 58.8 Å². The molecule has 1 saturated carbocycles. The molecule has 2 unspecified atom stereocenters. The Kier molecular flexibility index (Phi) is 7.25. The van der Waals surface area contributed by atoms with E-state index in [0.717, 1.165) is 5.92 Å². The van der Waals surface area contributed by atoms with Gasteiger partial charge >= 0.3 is 6.09 Å². The van der Waals surface area contributed by atoms with E-state index in [9.17, 15) is 4.79 Å². The maximum absolute atomic E-state index is 11.2. The average molecular weight is 269 g/mol. The number of amides is 1. The smallest absolute Gasteiger partial charge is 0.406 e. The second-order valence-electron chi connectivity index (χ2n) is 6.59. The number of carbonyl (C=O) groups excluding carboxylic acids is 1. The lowest BCUT2D eigenvalue weighted by Crippen LogP contribution is -2.29. The van der Waals surface area contributed by atoms with E-state index in [1.165, 1.54) is 57.8 Å². The number of carbonyl (C=O) groups is 1. The van der Waals surface area contributed by atoms with Crippen molar-refractivity contribution < 1.29 is 9.53 Å². The van der Waals surface area contributed by atoms with Crippen molar-refractivity contribution in [3.63, 3.8) is 0 Å². The molecule has 1 aliphatic rings. The molecular formula is C16H31NO2. The highest BCUT2D eigenvalue weighted by atomic mass is 16.5. The van der Waals surface area contributed by atoms with Crippen LogP contribution in [0.3, 0.4) is 0 Å². The molecule has 0 heterocycles. The number of rotatable bonds is 2. The summed E-state index contributed by atoms with van der Waals surface area (Å²) in [5.41, 5.74) is 0.167. The second-order valence-corrected chi connectivity index (χ2v) is 6.59. The molecule has 19 heavy (non-hydrogen) atoms. The zero-order chi connectivity index (χ0) is 14.1. The summed E-state index contributed by atoms with van der Waals surface area (Å²) < 4.78 is 5.30. The molecule has 0 aromatic carbocycles. The first-order valence-electron chi connectivity index (χ1n) is 7.90. The number of ether oxygens (including phenoxy) is 1. The fourth-order valence-electron chi connectivity index (χ4n) is 2.99. The molecule has 2 atom stereocenters. The largest absolute Gasteiger partial charge is 0.449 e. The molecule has 0 aromatic rings. The summed E-state index contributed by atoms with van der Waals surface area (Å²) in [5, 5.41) is 2.53. The third-order valence-corrected chi connectivity index (χ3v) is 4.46. The van der Waals surface area contributed by atoms with Crippen molar-refractivity contribution in [1.82, 2.24) is 5.32 Å². The second kappa shape index (κ2) is 8.44. The van der Waals surface area contributed by atoms with Crippen LogP contribution in [0.15, 0.2) is 0 Å². The van der Waals surface area contributed by atoms with Gasteiger partial charge in [0, 0.05) is 12.5 Å². The van der Waals surface area contributed by atoms with Crippen LogP contribution in [0.5, 0.6) is 0 Å². The summed E-state index contributed by atoms with van der Waals surface area (Å²) in [4.78, 5) is 11.2. The Morgan fingerprint density at radius 3 is 2.37 bits per heavy atom. The zero-order valence-corrected chi connectivity index (χ0v) is 13.0. The predicted octanol–water partition coefficient (Wildman–Crippen LogP) is 4.51. The lowest BCUT2D eigenvalue weighted by molar-refractivity contribution is 0.0784. The van der Waals surface area contributed by atoms with Crippen LogP contribution in [-0.4, -0.2) is 19.7 Å². The van der Waals surface area contributed by atoms with Gasteiger partial charge in [-0.3, -0.25) is 0 Å². The molecule has 1 N–H and O–H groups in total. The minimum Gasteiger partial charge on any atom is -0.449 e. The van der Waals surface area contributed by atoms with Crippen LogP contribution in [0.25, 0.3) is 0 Å². The Bertz CT molecular complexity index is 267. The van der Waals surface area contributed by atoms with E-state index in [1.807, 2.05) is 0 Å². The molecule has 1 amide bonds. The molecule has 3 nitrogen and oxygen atoms in total. The normalized spacial score (nSPS) is 30.2. The van der Waals surface area contributed by atoms with Gasteiger partial charge in [-0.05, 0) is 18.8 Å². The fourth-order valence-corrected chi connectivity index (χ4v) is 2.99. The summed E-state index contributed by atoms with van der Waals surface area (Å²) in [6.45, 7) is 5.21. The molecule has 1 fully saturated rings. The molecule has 0 aromatic heterocycles. The highest BCUT2D eigenvalue weighted by Crippen LogP contribution is 2.33. The highest BCUT2D eigenvalue weighted by molar-refractivity contribution is 5.66. The minimum absolute atomic E-state index is 0.167. The topological polar surface area (TPSA) is 38.3 Å². The van der Waals surface area contributed by atoms with E-state index < -0.39 is 0 Å². The monoisotopic (exact) mass is 269 g/mol. The third kappa shape index (κ3) is 6.84. The van der Waals surface area contributed by atoms with Gasteiger partial charge in [0.15, 0.2) is 0 Å². The molecule has 3 heteroatoms. The van der Waals surface area contributed by atoms with Crippen molar-refractivity contribution in [2.75, 3.05) is 13.7 Å². The van der Waals surface area contributed by atoms with Gasteiger partial charge in [-0.2, -0.15) is 0 Å². The van der Waals surface area contributed by atoms with Gasteiger partial charge in [0.1, 0.15) is 0 Å². The van der Waals surface area contributed by atoms with Gasteiger partial charge in [-0.15, -0.1) is 0 Å². The first-order valence-corrected chi connectivity index (χ1v) is 7.90. The van der Waals surface area contributed by atoms with Crippen LogP contribution in [0, 0.1) is 11.3 Å². The van der Waals surface area contributed by atoms with Crippen LogP contribution in [-0.2, 0) is 4.74 Å². The molecule has 0 spiro atoms. The lowest BCUT2D eigenvalue weighted by atomic mass is 9.81. The van der Waals surface area contributed by atoms with E-state index in [0.29, 0.717) is 6.61 Å². The number of nitrogens with one attached hydrogen (secondary N) is 1. The molecular weight excluding hydrogens is 238 g/mol. The minimum atomic E-state index is -0.302. The molecule has 0 aliphatic heterocycles. The summed E-state index contributed by atoms with van der Waals surface area (Å²) in [7, 11) is 1.61. The van der Waals surface area contributed by atoms with Crippen LogP contribution < -0.4 is 5.32 Å². The van der Waals surface area contributed by atoms with Crippen LogP contribution in [0.4, 0.5) is 4.79 Å². The molecule has 0 saturated heterocycles. The Balaban J connectivity index is 2.45.